The maximum Gasteiger partial charge on any atom is 0.285 e. The Kier molecular flexibility index (Phi) is 5.15. The van der Waals surface area contributed by atoms with Gasteiger partial charge in [-0.1, -0.05) is 48.0 Å². The van der Waals surface area contributed by atoms with Crippen LogP contribution in [0, 0.1) is 0 Å². The third-order valence-electron chi connectivity index (χ3n) is 3.14. The van der Waals surface area contributed by atoms with Crippen molar-refractivity contribution in [2.75, 3.05) is 13.7 Å². The van der Waals surface area contributed by atoms with Gasteiger partial charge in [-0.25, -0.2) is 0 Å². The van der Waals surface area contributed by atoms with Crippen LogP contribution in [0.15, 0.2) is 48.5 Å². The van der Waals surface area contributed by atoms with Gasteiger partial charge in [-0.2, -0.15) is 8.78 Å². The molecule has 0 fully saturated rings. The summed E-state index contributed by atoms with van der Waals surface area (Å²) in [7, 11) is 1.52. The second kappa shape index (κ2) is 6.87. The molecule has 0 saturated carbocycles. The molecule has 0 amide bonds. The van der Waals surface area contributed by atoms with Crippen LogP contribution in [0.3, 0.4) is 0 Å². The molecular formula is C16H16ClF2NO. The van der Waals surface area contributed by atoms with E-state index in [1.165, 1.54) is 19.2 Å². The third-order valence-corrected chi connectivity index (χ3v) is 3.49. The second-order valence-corrected chi connectivity index (χ2v) is 5.00. The molecule has 0 spiro atoms. The zero-order valence-corrected chi connectivity index (χ0v) is 12.3. The predicted molar refractivity (Wildman–Crippen MR) is 80.0 cm³/mol. The summed E-state index contributed by atoms with van der Waals surface area (Å²) in [6.45, 7) is -0.253. The Morgan fingerprint density at radius 3 is 2.48 bits per heavy atom. The Labute approximate surface area is 127 Å². The highest BCUT2D eigenvalue weighted by molar-refractivity contribution is 6.31. The molecule has 2 rings (SSSR count). The highest BCUT2D eigenvalue weighted by Gasteiger charge is 2.30. The van der Waals surface area contributed by atoms with Crippen molar-refractivity contribution in [1.82, 2.24) is 5.32 Å². The summed E-state index contributed by atoms with van der Waals surface area (Å²) in [6, 6.07) is 12.9. The van der Waals surface area contributed by atoms with Crippen molar-refractivity contribution >= 4 is 11.6 Å². The zero-order chi connectivity index (χ0) is 15.3. The first-order chi connectivity index (χ1) is 10.0. The molecule has 0 aliphatic carbocycles. The fourth-order valence-electron chi connectivity index (χ4n) is 2.03. The quantitative estimate of drug-likeness (QED) is 0.862. The molecule has 21 heavy (non-hydrogen) atoms. The number of benzene rings is 2. The maximum atomic E-state index is 14.0. The fraction of sp³-hybridized carbons (Fsp3) is 0.250. The van der Waals surface area contributed by atoms with Gasteiger partial charge in [0.2, 0.25) is 0 Å². The molecule has 2 nitrogen and oxygen atoms in total. The molecule has 2 aromatic rings. The lowest BCUT2D eigenvalue weighted by Gasteiger charge is -2.18. The van der Waals surface area contributed by atoms with Crippen molar-refractivity contribution in [2.24, 2.45) is 0 Å². The minimum absolute atomic E-state index is 0.0105. The van der Waals surface area contributed by atoms with E-state index in [4.69, 9.17) is 16.3 Å². The molecule has 0 aromatic heterocycles. The van der Waals surface area contributed by atoms with Crippen molar-refractivity contribution in [3.05, 3.63) is 64.7 Å². The third kappa shape index (κ3) is 3.93. The van der Waals surface area contributed by atoms with Crippen molar-refractivity contribution in [1.29, 1.82) is 0 Å². The van der Waals surface area contributed by atoms with E-state index >= 15 is 0 Å². The molecular weight excluding hydrogens is 296 g/mol. The van der Waals surface area contributed by atoms with Crippen LogP contribution in [-0.4, -0.2) is 13.7 Å². The lowest BCUT2D eigenvalue weighted by molar-refractivity contribution is -0.00347. The average Bonchev–Trinajstić information content (AvgIpc) is 2.49. The number of ether oxygens (including phenoxy) is 1. The van der Waals surface area contributed by atoms with E-state index in [0.717, 1.165) is 0 Å². The molecule has 0 aliphatic rings. The molecule has 0 aliphatic heterocycles. The van der Waals surface area contributed by atoms with Gasteiger partial charge < -0.3 is 10.1 Å². The number of alkyl halides is 2. The zero-order valence-electron chi connectivity index (χ0n) is 11.6. The fourth-order valence-corrected chi connectivity index (χ4v) is 2.26. The molecule has 112 valence electrons. The van der Waals surface area contributed by atoms with Crippen molar-refractivity contribution in [3.63, 3.8) is 0 Å². The summed E-state index contributed by atoms with van der Waals surface area (Å²) in [5.41, 5.74) is 0.661. The van der Waals surface area contributed by atoms with Gasteiger partial charge in [-0.3, -0.25) is 0 Å². The SMILES string of the molecule is COc1cccc(Cl)c1CNCC(F)(F)c1ccccc1. The second-order valence-electron chi connectivity index (χ2n) is 4.59. The van der Waals surface area contributed by atoms with E-state index in [9.17, 15) is 8.78 Å². The molecule has 5 heteroatoms. The van der Waals surface area contributed by atoms with Crippen LogP contribution in [0.25, 0.3) is 0 Å². The van der Waals surface area contributed by atoms with Crippen LogP contribution < -0.4 is 10.1 Å². The van der Waals surface area contributed by atoms with E-state index in [1.807, 2.05) is 0 Å². The van der Waals surface area contributed by atoms with Crippen LogP contribution in [0.2, 0.25) is 5.02 Å². The summed E-state index contributed by atoms with van der Waals surface area (Å²) in [6.07, 6.45) is 0. The first kappa shape index (κ1) is 15.7. The number of nitrogens with one attached hydrogen (secondary N) is 1. The molecule has 0 saturated heterocycles. The number of rotatable bonds is 6. The Morgan fingerprint density at radius 1 is 1.10 bits per heavy atom. The van der Waals surface area contributed by atoms with Crippen molar-refractivity contribution in [3.8, 4) is 5.75 Å². The van der Waals surface area contributed by atoms with E-state index in [2.05, 4.69) is 5.32 Å². The summed E-state index contributed by atoms with van der Waals surface area (Å²) in [5.74, 6) is -2.35. The largest absolute Gasteiger partial charge is 0.496 e. The molecule has 2 aromatic carbocycles. The smallest absolute Gasteiger partial charge is 0.285 e. The Bertz CT molecular complexity index is 590. The van der Waals surface area contributed by atoms with Gasteiger partial charge >= 0.3 is 0 Å². The van der Waals surface area contributed by atoms with Gasteiger partial charge in [0.05, 0.1) is 13.7 Å². The summed E-state index contributed by atoms with van der Waals surface area (Å²) >= 11 is 6.07. The lowest BCUT2D eigenvalue weighted by atomic mass is 10.1. The first-order valence-corrected chi connectivity index (χ1v) is 6.88. The minimum Gasteiger partial charge on any atom is -0.496 e. The standard InChI is InChI=1S/C16H16ClF2NO/c1-21-15-9-5-8-14(17)13(15)10-20-11-16(18,19)12-6-3-2-4-7-12/h2-9,20H,10-11H2,1H3. The van der Waals surface area contributed by atoms with Gasteiger partial charge in [-0.15, -0.1) is 0 Å². The molecule has 0 heterocycles. The summed E-state index contributed by atoms with van der Waals surface area (Å²) in [5, 5.41) is 3.23. The Hall–Kier alpha value is -1.65. The average molecular weight is 312 g/mol. The summed E-state index contributed by atoms with van der Waals surface area (Å²) in [4.78, 5) is 0. The maximum absolute atomic E-state index is 14.0. The molecule has 0 atom stereocenters. The highest BCUT2D eigenvalue weighted by atomic mass is 35.5. The van der Waals surface area contributed by atoms with Crippen LogP contribution in [0.1, 0.15) is 11.1 Å². The van der Waals surface area contributed by atoms with Gasteiger partial charge in [0.15, 0.2) is 0 Å². The Balaban J connectivity index is 2.02. The van der Waals surface area contributed by atoms with Gasteiger partial charge in [0.25, 0.3) is 5.92 Å². The van der Waals surface area contributed by atoms with Crippen LogP contribution in [0.5, 0.6) is 5.75 Å². The van der Waals surface area contributed by atoms with Crippen LogP contribution in [0.4, 0.5) is 8.78 Å². The topological polar surface area (TPSA) is 21.3 Å². The molecule has 0 bridgehead atoms. The van der Waals surface area contributed by atoms with Gasteiger partial charge in [-0.05, 0) is 12.1 Å². The van der Waals surface area contributed by atoms with Crippen molar-refractivity contribution < 1.29 is 13.5 Å². The van der Waals surface area contributed by atoms with Crippen LogP contribution in [-0.2, 0) is 12.5 Å². The first-order valence-electron chi connectivity index (χ1n) is 6.50. The van der Waals surface area contributed by atoms with E-state index in [1.54, 1.807) is 36.4 Å². The molecule has 0 radical (unpaired) electrons. The van der Waals surface area contributed by atoms with Crippen molar-refractivity contribution in [2.45, 2.75) is 12.5 Å². The summed E-state index contributed by atoms with van der Waals surface area (Å²) < 4.78 is 33.2. The predicted octanol–water partition coefficient (Wildman–Crippen LogP) is 4.23. The lowest BCUT2D eigenvalue weighted by Crippen LogP contribution is -2.30. The van der Waals surface area contributed by atoms with E-state index in [-0.39, 0.29) is 12.1 Å². The van der Waals surface area contributed by atoms with E-state index in [0.29, 0.717) is 16.3 Å². The van der Waals surface area contributed by atoms with E-state index < -0.39 is 12.5 Å². The monoisotopic (exact) mass is 311 g/mol. The van der Waals surface area contributed by atoms with Crippen LogP contribution >= 0.6 is 11.6 Å². The normalized spacial score (nSPS) is 11.4. The van der Waals surface area contributed by atoms with Gasteiger partial charge in [0, 0.05) is 22.7 Å². The molecule has 0 unspecified atom stereocenters. The highest BCUT2D eigenvalue weighted by Crippen LogP contribution is 2.28. The minimum atomic E-state index is -2.93. The number of halogens is 3. The number of hydrogen-bond acceptors (Lipinski definition) is 2. The van der Waals surface area contributed by atoms with Gasteiger partial charge in [0.1, 0.15) is 5.75 Å². The Morgan fingerprint density at radius 2 is 1.81 bits per heavy atom. The number of hydrogen-bond donors (Lipinski definition) is 1. The number of methoxy groups -OCH3 is 1. The molecule has 1 N–H and O–H groups in total.